The molecule has 0 radical (unpaired) electrons. The Morgan fingerprint density at radius 2 is 1.93 bits per heavy atom. The van der Waals surface area contributed by atoms with Crippen molar-refractivity contribution < 1.29 is 0 Å². The molecule has 1 aliphatic rings. The second kappa shape index (κ2) is 8.43. The van der Waals surface area contributed by atoms with Gasteiger partial charge in [-0.3, -0.25) is 4.90 Å². The third kappa shape index (κ3) is 5.23. The van der Waals surface area contributed by atoms with Gasteiger partial charge < -0.3 is 5.32 Å². The number of hydrogen-bond acceptors (Lipinski definition) is 3. The molecule has 1 heterocycles. The van der Waals surface area contributed by atoms with Crippen LogP contribution in [-0.4, -0.2) is 48.6 Å². The lowest BCUT2D eigenvalue weighted by atomic mass is 10.1. The van der Waals surface area contributed by atoms with Crippen molar-refractivity contribution in [3.8, 4) is 0 Å². The zero-order valence-electron chi connectivity index (χ0n) is 10.3. The highest BCUT2D eigenvalue weighted by Crippen LogP contribution is 2.14. The monoisotopic (exact) mass is 230 g/mol. The largest absolute Gasteiger partial charge is 0.315 e. The van der Waals surface area contributed by atoms with Gasteiger partial charge in [0.05, 0.1) is 0 Å². The van der Waals surface area contributed by atoms with Gasteiger partial charge in [0.1, 0.15) is 0 Å². The normalized spacial score (nSPS) is 20.4. The molecule has 0 aromatic carbocycles. The van der Waals surface area contributed by atoms with E-state index in [1.165, 1.54) is 56.9 Å². The Bertz CT molecular complexity index is 147. The molecule has 1 rings (SSSR count). The minimum atomic E-state index is 0.780. The molecule has 0 aliphatic carbocycles. The second-order valence-corrected chi connectivity index (χ2v) is 5.52. The molecule has 0 bridgehead atoms. The number of nitrogens with one attached hydrogen (secondary N) is 1. The Balaban J connectivity index is 2.26. The van der Waals surface area contributed by atoms with Crippen LogP contribution in [0.3, 0.4) is 0 Å². The molecule has 1 fully saturated rings. The minimum absolute atomic E-state index is 0.780. The fourth-order valence-electron chi connectivity index (χ4n) is 2.14. The Morgan fingerprint density at radius 3 is 2.53 bits per heavy atom. The molecule has 0 aromatic rings. The molecule has 0 amide bonds. The van der Waals surface area contributed by atoms with Crippen LogP contribution in [0.2, 0.25) is 0 Å². The van der Waals surface area contributed by atoms with E-state index < -0.39 is 0 Å². The van der Waals surface area contributed by atoms with Gasteiger partial charge in [0.25, 0.3) is 0 Å². The van der Waals surface area contributed by atoms with Crippen LogP contribution in [0.1, 0.15) is 33.1 Å². The number of rotatable bonds is 7. The molecule has 2 nitrogen and oxygen atoms in total. The molecule has 0 spiro atoms. The summed E-state index contributed by atoms with van der Waals surface area (Å²) in [4.78, 5) is 2.68. The molecule has 1 saturated heterocycles. The molecule has 0 aromatic heterocycles. The molecule has 15 heavy (non-hydrogen) atoms. The maximum Gasteiger partial charge on any atom is 0.0221 e. The van der Waals surface area contributed by atoms with Crippen LogP contribution in [0, 0.1) is 0 Å². The number of thioether (sulfide) groups is 1. The maximum atomic E-state index is 3.57. The summed E-state index contributed by atoms with van der Waals surface area (Å²) in [5, 5.41) is 3.57. The predicted molar refractivity (Wildman–Crippen MR) is 70.8 cm³/mol. The molecule has 1 N–H and O–H groups in total. The van der Waals surface area contributed by atoms with Gasteiger partial charge >= 0.3 is 0 Å². The Labute approximate surface area is 99.2 Å². The van der Waals surface area contributed by atoms with Crippen LogP contribution >= 0.6 is 11.8 Å². The zero-order valence-corrected chi connectivity index (χ0v) is 11.1. The van der Waals surface area contributed by atoms with Crippen LogP contribution in [0.25, 0.3) is 0 Å². The lowest BCUT2D eigenvalue weighted by Crippen LogP contribution is -2.46. The van der Waals surface area contributed by atoms with Crippen molar-refractivity contribution in [1.29, 1.82) is 0 Å². The Morgan fingerprint density at radius 1 is 1.20 bits per heavy atom. The summed E-state index contributed by atoms with van der Waals surface area (Å²) in [5.74, 6) is 2.65. The zero-order chi connectivity index (χ0) is 10.9. The van der Waals surface area contributed by atoms with Crippen molar-refractivity contribution in [3.63, 3.8) is 0 Å². The summed E-state index contributed by atoms with van der Waals surface area (Å²) in [6.07, 6.45) is 3.90. The Kier molecular flexibility index (Phi) is 7.49. The summed E-state index contributed by atoms with van der Waals surface area (Å²) in [7, 11) is 0. The van der Waals surface area contributed by atoms with Crippen LogP contribution in [0.15, 0.2) is 0 Å². The first kappa shape index (κ1) is 13.3. The average molecular weight is 230 g/mol. The van der Waals surface area contributed by atoms with Crippen LogP contribution in [0.5, 0.6) is 0 Å². The smallest absolute Gasteiger partial charge is 0.0221 e. The fraction of sp³-hybridized carbons (Fsp3) is 1.00. The van der Waals surface area contributed by atoms with Crippen LogP contribution in [0.4, 0.5) is 0 Å². The highest BCUT2D eigenvalue weighted by atomic mass is 32.2. The highest BCUT2D eigenvalue weighted by Gasteiger charge is 2.19. The van der Waals surface area contributed by atoms with E-state index in [0.717, 1.165) is 6.04 Å². The van der Waals surface area contributed by atoms with Gasteiger partial charge in [0, 0.05) is 37.2 Å². The molecular weight excluding hydrogens is 204 g/mol. The van der Waals surface area contributed by atoms with Crippen molar-refractivity contribution in [2.75, 3.05) is 37.7 Å². The predicted octanol–water partition coefficient (Wildman–Crippen LogP) is 2.20. The second-order valence-electron chi connectivity index (χ2n) is 4.29. The summed E-state index contributed by atoms with van der Waals surface area (Å²) >= 11 is 2.10. The molecule has 90 valence electrons. The van der Waals surface area contributed by atoms with Gasteiger partial charge in [0.15, 0.2) is 0 Å². The van der Waals surface area contributed by atoms with Crippen LogP contribution in [-0.2, 0) is 0 Å². The van der Waals surface area contributed by atoms with E-state index in [1.807, 2.05) is 0 Å². The van der Waals surface area contributed by atoms with Gasteiger partial charge in [-0.05, 0) is 19.4 Å². The first-order chi connectivity index (χ1) is 7.38. The van der Waals surface area contributed by atoms with Crippen molar-refractivity contribution in [2.24, 2.45) is 0 Å². The van der Waals surface area contributed by atoms with Gasteiger partial charge in [-0.1, -0.05) is 20.3 Å². The number of nitrogens with zero attached hydrogens (tertiary/aromatic N) is 1. The standard InChI is InChI=1S/C12H26N2S/c1-3-5-12(11-13-6-4-2)14-7-9-15-10-8-14/h12-13H,3-11H2,1-2H3. The Hall–Kier alpha value is 0.270. The first-order valence-corrected chi connectivity index (χ1v) is 7.56. The SMILES string of the molecule is CCCNCC(CCC)N1CCSCC1. The molecule has 1 atom stereocenters. The van der Waals surface area contributed by atoms with Gasteiger partial charge in [-0.15, -0.1) is 0 Å². The lowest BCUT2D eigenvalue weighted by Gasteiger charge is -2.34. The third-order valence-corrected chi connectivity index (χ3v) is 3.93. The van der Waals surface area contributed by atoms with Crippen LogP contribution < -0.4 is 5.32 Å². The molecule has 1 unspecified atom stereocenters. The van der Waals surface area contributed by atoms with E-state index in [2.05, 4.69) is 35.8 Å². The van der Waals surface area contributed by atoms with Gasteiger partial charge in [0.2, 0.25) is 0 Å². The van der Waals surface area contributed by atoms with Crippen molar-refractivity contribution in [2.45, 2.75) is 39.2 Å². The van der Waals surface area contributed by atoms with E-state index in [4.69, 9.17) is 0 Å². The topological polar surface area (TPSA) is 15.3 Å². The van der Waals surface area contributed by atoms with E-state index in [-0.39, 0.29) is 0 Å². The molecule has 3 heteroatoms. The molecular formula is C12H26N2S. The number of hydrogen-bond donors (Lipinski definition) is 1. The van der Waals surface area contributed by atoms with E-state index >= 15 is 0 Å². The molecule has 1 aliphatic heterocycles. The van der Waals surface area contributed by atoms with E-state index in [0.29, 0.717) is 0 Å². The van der Waals surface area contributed by atoms with Crippen molar-refractivity contribution in [3.05, 3.63) is 0 Å². The third-order valence-electron chi connectivity index (χ3n) is 2.99. The highest BCUT2D eigenvalue weighted by molar-refractivity contribution is 7.99. The summed E-state index contributed by atoms with van der Waals surface area (Å²) in [6, 6.07) is 0.780. The quantitative estimate of drug-likeness (QED) is 0.675. The van der Waals surface area contributed by atoms with Crippen molar-refractivity contribution in [1.82, 2.24) is 10.2 Å². The maximum absolute atomic E-state index is 3.57. The molecule has 0 saturated carbocycles. The fourth-order valence-corrected chi connectivity index (χ4v) is 3.07. The van der Waals surface area contributed by atoms with Gasteiger partial charge in [-0.25, -0.2) is 0 Å². The van der Waals surface area contributed by atoms with E-state index in [9.17, 15) is 0 Å². The van der Waals surface area contributed by atoms with E-state index in [1.54, 1.807) is 0 Å². The first-order valence-electron chi connectivity index (χ1n) is 6.41. The average Bonchev–Trinajstić information content (AvgIpc) is 2.29. The summed E-state index contributed by atoms with van der Waals surface area (Å²) in [6.45, 7) is 9.48. The summed E-state index contributed by atoms with van der Waals surface area (Å²) in [5.41, 5.74) is 0. The summed E-state index contributed by atoms with van der Waals surface area (Å²) < 4.78 is 0. The van der Waals surface area contributed by atoms with Gasteiger partial charge in [-0.2, -0.15) is 11.8 Å². The minimum Gasteiger partial charge on any atom is -0.315 e. The van der Waals surface area contributed by atoms with Crippen molar-refractivity contribution >= 4 is 11.8 Å². The lowest BCUT2D eigenvalue weighted by molar-refractivity contribution is 0.199.